The van der Waals surface area contributed by atoms with Gasteiger partial charge in [-0.25, -0.2) is 4.39 Å². The molecule has 0 spiro atoms. The minimum absolute atomic E-state index is 0.199. The predicted molar refractivity (Wildman–Crippen MR) is 69.8 cm³/mol. The van der Waals surface area contributed by atoms with Crippen LogP contribution in [0.15, 0.2) is 24.4 Å². The van der Waals surface area contributed by atoms with E-state index < -0.39 is 0 Å². The van der Waals surface area contributed by atoms with E-state index in [1.807, 2.05) is 12.1 Å². The topological polar surface area (TPSA) is 57.9 Å². The number of nitrogens with zero attached hydrogens (tertiary/aromatic N) is 2. The molecule has 1 fully saturated rings. The van der Waals surface area contributed by atoms with Crippen LogP contribution in [0.5, 0.6) is 0 Å². The van der Waals surface area contributed by atoms with E-state index in [-0.39, 0.29) is 5.82 Å². The largest absolute Gasteiger partial charge is 0.384 e. The number of nitrogens with one attached hydrogen (secondary N) is 1. The lowest BCUT2D eigenvalue weighted by Crippen LogP contribution is -2.18. The third-order valence-electron chi connectivity index (χ3n) is 3.37. The lowest BCUT2D eigenvalue weighted by Gasteiger charge is -2.18. The number of rotatable bonds is 2. The Morgan fingerprint density at radius 1 is 1.28 bits per heavy atom. The van der Waals surface area contributed by atoms with Gasteiger partial charge in [0.15, 0.2) is 0 Å². The lowest BCUT2D eigenvalue weighted by molar-refractivity contribution is 0.623. The highest BCUT2D eigenvalue weighted by molar-refractivity contribution is 5.74. The Kier molecular flexibility index (Phi) is 2.66. The van der Waals surface area contributed by atoms with E-state index in [4.69, 9.17) is 5.73 Å². The summed E-state index contributed by atoms with van der Waals surface area (Å²) < 4.78 is 14.1. The van der Waals surface area contributed by atoms with Crippen molar-refractivity contribution in [2.45, 2.75) is 12.8 Å². The smallest absolute Gasteiger partial charge is 0.147 e. The van der Waals surface area contributed by atoms with Gasteiger partial charge in [0.2, 0.25) is 0 Å². The quantitative estimate of drug-likeness (QED) is 0.855. The average Bonchev–Trinajstić information content (AvgIpc) is 2.99. The van der Waals surface area contributed by atoms with E-state index in [0.29, 0.717) is 11.5 Å². The van der Waals surface area contributed by atoms with Crippen molar-refractivity contribution < 1.29 is 4.39 Å². The van der Waals surface area contributed by atoms with Crippen LogP contribution in [0.25, 0.3) is 11.1 Å². The number of hydrogen-bond donors (Lipinski definition) is 2. The second-order valence-corrected chi connectivity index (χ2v) is 4.56. The first-order valence-corrected chi connectivity index (χ1v) is 6.09. The Morgan fingerprint density at radius 3 is 2.67 bits per heavy atom. The molecule has 4 nitrogen and oxygen atoms in total. The van der Waals surface area contributed by atoms with Crippen molar-refractivity contribution in [2.75, 3.05) is 23.7 Å². The molecule has 1 aliphatic rings. The van der Waals surface area contributed by atoms with Crippen LogP contribution in [0.3, 0.4) is 0 Å². The summed E-state index contributed by atoms with van der Waals surface area (Å²) in [6.45, 7) is 1.87. The zero-order valence-corrected chi connectivity index (χ0v) is 9.99. The van der Waals surface area contributed by atoms with Crippen LogP contribution in [0.1, 0.15) is 12.8 Å². The van der Waals surface area contributed by atoms with E-state index in [9.17, 15) is 4.39 Å². The second-order valence-electron chi connectivity index (χ2n) is 4.56. The Hall–Kier alpha value is -2.04. The summed E-state index contributed by atoms with van der Waals surface area (Å²) >= 11 is 0. The average molecular weight is 246 g/mol. The molecule has 0 bridgehead atoms. The molecule has 1 aromatic heterocycles. The molecule has 1 aromatic carbocycles. The van der Waals surface area contributed by atoms with Gasteiger partial charge in [-0.3, -0.25) is 5.10 Å². The van der Waals surface area contributed by atoms with Gasteiger partial charge in [0.1, 0.15) is 11.6 Å². The van der Waals surface area contributed by atoms with Crippen LogP contribution in [-0.2, 0) is 0 Å². The molecule has 94 valence electrons. The number of nitrogen functional groups attached to an aromatic ring is 1. The van der Waals surface area contributed by atoms with Crippen LogP contribution in [-0.4, -0.2) is 23.3 Å². The lowest BCUT2D eigenvalue weighted by atomic mass is 10.1. The van der Waals surface area contributed by atoms with Gasteiger partial charge in [-0.15, -0.1) is 0 Å². The normalized spacial score (nSPS) is 15.3. The third-order valence-corrected chi connectivity index (χ3v) is 3.37. The minimum atomic E-state index is -0.199. The highest BCUT2D eigenvalue weighted by Crippen LogP contribution is 2.30. The fourth-order valence-electron chi connectivity index (χ4n) is 2.42. The molecule has 0 atom stereocenters. The third kappa shape index (κ3) is 1.81. The second kappa shape index (κ2) is 4.33. The molecule has 1 saturated heterocycles. The van der Waals surface area contributed by atoms with Crippen LogP contribution in [0.2, 0.25) is 0 Å². The Labute approximate surface area is 105 Å². The summed E-state index contributed by atoms with van der Waals surface area (Å²) in [6.07, 6.45) is 3.88. The van der Waals surface area contributed by atoms with Gasteiger partial charge in [0.05, 0.1) is 11.9 Å². The van der Waals surface area contributed by atoms with Gasteiger partial charge >= 0.3 is 0 Å². The number of H-pyrrole nitrogens is 1. The molecule has 0 radical (unpaired) electrons. The maximum Gasteiger partial charge on any atom is 0.147 e. The fraction of sp³-hybridized carbons (Fsp3) is 0.308. The molecule has 2 heterocycles. The minimum Gasteiger partial charge on any atom is -0.384 e. The molecule has 0 unspecified atom stereocenters. The van der Waals surface area contributed by atoms with Gasteiger partial charge in [0, 0.05) is 18.7 Å². The maximum atomic E-state index is 14.1. The number of aromatic amines is 1. The standard InChI is InChI=1S/C13H15FN4/c14-11-7-9(10-8-16-17-13(10)15)3-4-12(11)18-5-1-2-6-18/h3-4,7-8H,1-2,5-6H2,(H3,15,16,17). The molecule has 0 amide bonds. The Bertz CT molecular complexity index is 558. The SMILES string of the molecule is Nc1[nH]ncc1-c1ccc(N2CCCC2)c(F)c1. The highest BCUT2D eigenvalue weighted by atomic mass is 19.1. The van der Waals surface area contributed by atoms with Crippen molar-refractivity contribution in [3.05, 3.63) is 30.2 Å². The summed E-state index contributed by atoms with van der Waals surface area (Å²) in [5, 5.41) is 6.50. The van der Waals surface area contributed by atoms with Crippen molar-refractivity contribution in [2.24, 2.45) is 0 Å². The van der Waals surface area contributed by atoms with E-state index in [1.165, 1.54) is 6.07 Å². The van der Waals surface area contributed by atoms with Crippen LogP contribution >= 0.6 is 0 Å². The first-order chi connectivity index (χ1) is 8.75. The highest BCUT2D eigenvalue weighted by Gasteiger charge is 2.17. The van der Waals surface area contributed by atoms with Gasteiger partial charge in [0.25, 0.3) is 0 Å². The first kappa shape index (κ1) is 11.1. The molecule has 1 aliphatic heterocycles. The number of nitrogens with two attached hydrogens (primary N) is 1. The number of anilines is 2. The summed E-state index contributed by atoms with van der Waals surface area (Å²) in [5.74, 6) is 0.262. The summed E-state index contributed by atoms with van der Waals surface area (Å²) in [6, 6.07) is 5.23. The van der Waals surface area contributed by atoms with Crippen molar-refractivity contribution in [3.63, 3.8) is 0 Å². The molecule has 18 heavy (non-hydrogen) atoms. The zero-order chi connectivity index (χ0) is 12.5. The van der Waals surface area contributed by atoms with Crippen LogP contribution < -0.4 is 10.6 Å². The molecule has 3 N–H and O–H groups in total. The zero-order valence-electron chi connectivity index (χ0n) is 9.99. The number of halogens is 1. The molecule has 3 rings (SSSR count). The Balaban J connectivity index is 1.96. The van der Waals surface area contributed by atoms with E-state index >= 15 is 0 Å². The monoisotopic (exact) mass is 246 g/mol. The summed E-state index contributed by atoms with van der Waals surface area (Å²) in [4.78, 5) is 2.08. The van der Waals surface area contributed by atoms with Gasteiger partial charge < -0.3 is 10.6 Å². The number of benzene rings is 1. The van der Waals surface area contributed by atoms with E-state index in [0.717, 1.165) is 37.1 Å². The predicted octanol–water partition coefficient (Wildman–Crippen LogP) is 2.40. The molecule has 0 saturated carbocycles. The number of hydrogen-bond acceptors (Lipinski definition) is 3. The van der Waals surface area contributed by atoms with Gasteiger partial charge in [-0.1, -0.05) is 6.07 Å². The number of aromatic nitrogens is 2. The summed E-state index contributed by atoms with van der Waals surface area (Å²) in [7, 11) is 0. The molecule has 5 heteroatoms. The Morgan fingerprint density at radius 2 is 2.06 bits per heavy atom. The molecule has 2 aromatic rings. The fourth-order valence-corrected chi connectivity index (χ4v) is 2.42. The summed E-state index contributed by atoms with van der Waals surface area (Å²) in [5.41, 5.74) is 7.90. The first-order valence-electron chi connectivity index (χ1n) is 6.09. The van der Waals surface area contributed by atoms with E-state index in [1.54, 1.807) is 6.20 Å². The van der Waals surface area contributed by atoms with Crippen molar-refractivity contribution in [1.82, 2.24) is 10.2 Å². The van der Waals surface area contributed by atoms with Crippen molar-refractivity contribution in [1.29, 1.82) is 0 Å². The van der Waals surface area contributed by atoms with Crippen molar-refractivity contribution in [3.8, 4) is 11.1 Å². The molecular weight excluding hydrogens is 231 g/mol. The van der Waals surface area contributed by atoms with Crippen LogP contribution in [0, 0.1) is 5.82 Å². The van der Waals surface area contributed by atoms with Crippen LogP contribution in [0.4, 0.5) is 15.9 Å². The van der Waals surface area contributed by atoms with Gasteiger partial charge in [-0.05, 0) is 30.5 Å². The van der Waals surface area contributed by atoms with Gasteiger partial charge in [-0.2, -0.15) is 5.10 Å². The van der Waals surface area contributed by atoms with E-state index in [2.05, 4.69) is 15.1 Å². The molecule has 0 aliphatic carbocycles. The van der Waals surface area contributed by atoms with Crippen molar-refractivity contribution >= 4 is 11.5 Å². The molecular formula is C13H15FN4. The maximum absolute atomic E-state index is 14.1.